The SMILES string of the molecule is CC1=CC2c3ccccc3C=CC2N1Cc1ccccc1. The maximum Gasteiger partial charge on any atom is 0.0581 e. The van der Waals surface area contributed by atoms with Gasteiger partial charge in [0.1, 0.15) is 0 Å². The van der Waals surface area contributed by atoms with Crippen molar-refractivity contribution in [3.63, 3.8) is 0 Å². The Morgan fingerprint density at radius 2 is 1.71 bits per heavy atom. The zero-order chi connectivity index (χ0) is 14.2. The van der Waals surface area contributed by atoms with E-state index in [1.165, 1.54) is 22.4 Å². The van der Waals surface area contributed by atoms with Gasteiger partial charge in [-0.3, -0.25) is 0 Å². The van der Waals surface area contributed by atoms with Gasteiger partial charge < -0.3 is 4.90 Å². The van der Waals surface area contributed by atoms with Crippen LogP contribution in [0.25, 0.3) is 6.08 Å². The highest BCUT2D eigenvalue weighted by molar-refractivity contribution is 5.61. The highest BCUT2D eigenvalue weighted by Crippen LogP contribution is 2.41. The van der Waals surface area contributed by atoms with Gasteiger partial charge in [-0.25, -0.2) is 0 Å². The van der Waals surface area contributed by atoms with Crippen LogP contribution in [0.2, 0.25) is 0 Å². The molecular weight excluding hydrogens is 254 g/mol. The largest absolute Gasteiger partial charge is 0.364 e. The average Bonchev–Trinajstić information content (AvgIpc) is 2.85. The van der Waals surface area contributed by atoms with Gasteiger partial charge in [-0.1, -0.05) is 72.8 Å². The van der Waals surface area contributed by atoms with Crippen LogP contribution in [-0.2, 0) is 6.54 Å². The van der Waals surface area contributed by atoms with Crippen LogP contribution >= 0.6 is 0 Å². The van der Waals surface area contributed by atoms with Crippen molar-refractivity contribution >= 4 is 6.08 Å². The zero-order valence-corrected chi connectivity index (χ0v) is 12.2. The first-order valence-electron chi connectivity index (χ1n) is 7.59. The molecule has 0 radical (unpaired) electrons. The van der Waals surface area contributed by atoms with Crippen molar-refractivity contribution < 1.29 is 0 Å². The van der Waals surface area contributed by atoms with E-state index in [0.29, 0.717) is 12.0 Å². The summed E-state index contributed by atoms with van der Waals surface area (Å²) in [4.78, 5) is 2.52. The van der Waals surface area contributed by atoms with Crippen molar-refractivity contribution in [1.82, 2.24) is 4.90 Å². The molecule has 0 fully saturated rings. The van der Waals surface area contributed by atoms with Crippen molar-refractivity contribution in [3.05, 3.63) is 89.1 Å². The molecule has 0 spiro atoms. The second-order valence-corrected chi connectivity index (χ2v) is 5.93. The van der Waals surface area contributed by atoms with Crippen LogP contribution < -0.4 is 0 Å². The number of allylic oxidation sites excluding steroid dienone is 1. The maximum atomic E-state index is 2.52. The van der Waals surface area contributed by atoms with E-state index in [4.69, 9.17) is 0 Å². The van der Waals surface area contributed by atoms with Gasteiger partial charge in [0.05, 0.1) is 6.04 Å². The molecule has 1 heteroatoms. The zero-order valence-electron chi connectivity index (χ0n) is 12.2. The van der Waals surface area contributed by atoms with Gasteiger partial charge in [-0.05, 0) is 23.6 Å². The Morgan fingerprint density at radius 1 is 0.952 bits per heavy atom. The summed E-state index contributed by atoms with van der Waals surface area (Å²) in [6.07, 6.45) is 7.07. The van der Waals surface area contributed by atoms with E-state index in [1.54, 1.807) is 0 Å². The third-order valence-corrected chi connectivity index (χ3v) is 4.63. The Kier molecular flexibility index (Phi) is 2.92. The van der Waals surface area contributed by atoms with Crippen LogP contribution in [0.5, 0.6) is 0 Å². The highest BCUT2D eigenvalue weighted by Gasteiger charge is 2.34. The molecule has 0 saturated carbocycles. The topological polar surface area (TPSA) is 3.24 Å². The third-order valence-electron chi connectivity index (χ3n) is 4.63. The fourth-order valence-corrected chi connectivity index (χ4v) is 3.56. The molecule has 0 aromatic heterocycles. The lowest BCUT2D eigenvalue weighted by Crippen LogP contribution is -2.32. The Bertz CT molecular complexity index is 712. The minimum absolute atomic E-state index is 0.458. The van der Waals surface area contributed by atoms with Gasteiger partial charge in [0.2, 0.25) is 0 Å². The first-order valence-corrected chi connectivity index (χ1v) is 7.59. The van der Waals surface area contributed by atoms with Crippen LogP contribution in [0, 0.1) is 0 Å². The van der Waals surface area contributed by atoms with E-state index in [-0.39, 0.29) is 0 Å². The monoisotopic (exact) mass is 273 g/mol. The Morgan fingerprint density at radius 3 is 2.57 bits per heavy atom. The lowest BCUT2D eigenvalue weighted by molar-refractivity contribution is 0.297. The third kappa shape index (κ3) is 2.09. The molecule has 0 N–H and O–H groups in total. The fraction of sp³-hybridized carbons (Fsp3) is 0.200. The smallest absolute Gasteiger partial charge is 0.0581 e. The van der Waals surface area contributed by atoms with Crippen LogP contribution in [0.1, 0.15) is 29.5 Å². The average molecular weight is 273 g/mol. The van der Waals surface area contributed by atoms with Crippen LogP contribution in [0.3, 0.4) is 0 Å². The van der Waals surface area contributed by atoms with E-state index in [2.05, 4.69) is 84.6 Å². The number of nitrogens with zero attached hydrogens (tertiary/aromatic N) is 1. The molecule has 0 amide bonds. The minimum Gasteiger partial charge on any atom is -0.364 e. The van der Waals surface area contributed by atoms with Crippen molar-refractivity contribution in [2.24, 2.45) is 0 Å². The fourth-order valence-electron chi connectivity index (χ4n) is 3.56. The van der Waals surface area contributed by atoms with Crippen LogP contribution in [0.15, 0.2) is 72.4 Å². The number of benzene rings is 2. The Labute approximate surface area is 126 Å². The molecule has 0 bridgehead atoms. The van der Waals surface area contributed by atoms with Crippen molar-refractivity contribution in [2.45, 2.75) is 25.4 Å². The second kappa shape index (κ2) is 4.92. The lowest BCUT2D eigenvalue weighted by atomic mass is 9.85. The minimum atomic E-state index is 0.458. The van der Waals surface area contributed by atoms with E-state index in [1.807, 2.05) is 0 Å². The van der Waals surface area contributed by atoms with Crippen molar-refractivity contribution in [2.75, 3.05) is 0 Å². The van der Waals surface area contributed by atoms with Crippen molar-refractivity contribution in [1.29, 1.82) is 0 Å². The summed E-state index contributed by atoms with van der Waals surface area (Å²) in [6, 6.07) is 20.0. The Hall–Kier alpha value is -2.28. The molecule has 2 aromatic carbocycles. The van der Waals surface area contributed by atoms with Crippen LogP contribution in [0.4, 0.5) is 0 Å². The summed E-state index contributed by atoms with van der Waals surface area (Å²) in [6.45, 7) is 3.22. The molecule has 1 aliphatic heterocycles. The molecule has 2 atom stereocenters. The van der Waals surface area contributed by atoms with E-state index >= 15 is 0 Å². The molecule has 104 valence electrons. The summed E-state index contributed by atoms with van der Waals surface area (Å²) >= 11 is 0. The van der Waals surface area contributed by atoms with Gasteiger partial charge in [-0.2, -0.15) is 0 Å². The summed E-state index contributed by atoms with van der Waals surface area (Å²) in [5, 5.41) is 0. The first kappa shape index (κ1) is 12.5. The summed E-state index contributed by atoms with van der Waals surface area (Å²) < 4.78 is 0. The molecule has 21 heavy (non-hydrogen) atoms. The van der Waals surface area contributed by atoms with Gasteiger partial charge in [0.25, 0.3) is 0 Å². The first-order chi connectivity index (χ1) is 10.3. The molecule has 0 saturated heterocycles. The molecule has 1 aliphatic carbocycles. The summed E-state index contributed by atoms with van der Waals surface area (Å²) in [5.74, 6) is 0.495. The molecule has 2 unspecified atom stereocenters. The number of hydrogen-bond donors (Lipinski definition) is 0. The molecule has 2 aliphatic rings. The van der Waals surface area contributed by atoms with Gasteiger partial charge in [0.15, 0.2) is 0 Å². The predicted octanol–water partition coefficient (Wildman–Crippen LogP) is 4.59. The number of rotatable bonds is 2. The molecule has 1 heterocycles. The maximum absolute atomic E-state index is 2.52. The van der Waals surface area contributed by atoms with E-state index < -0.39 is 0 Å². The van der Waals surface area contributed by atoms with Gasteiger partial charge in [-0.15, -0.1) is 0 Å². The van der Waals surface area contributed by atoms with E-state index in [9.17, 15) is 0 Å². The standard InChI is InChI=1S/C20H19N/c1-15-13-19-18-10-6-5-9-17(18)11-12-20(19)21(15)14-16-7-3-2-4-8-16/h2-13,19-20H,14H2,1H3. The van der Waals surface area contributed by atoms with Crippen LogP contribution in [-0.4, -0.2) is 10.9 Å². The van der Waals surface area contributed by atoms with Gasteiger partial charge in [0, 0.05) is 18.2 Å². The summed E-state index contributed by atoms with van der Waals surface area (Å²) in [5.41, 5.74) is 5.58. The predicted molar refractivity (Wildman–Crippen MR) is 87.7 cm³/mol. The van der Waals surface area contributed by atoms with Crippen molar-refractivity contribution in [3.8, 4) is 0 Å². The molecular formula is C20H19N. The van der Waals surface area contributed by atoms with Gasteiger partial charge >= 0.3 is 0 Å². The summed E-state index contributed by atoms with van der Waals surface area (Å²) in [7, 11) is 0. The quantitative estimate of drug-likeness (QED) is 0.774. The highest BCUT2D eigenvalue weighted by atomic mass is 15.2. The van der Waals surface area contributed by atoms with E-state index in [0.717, 1.165) is 6.54 Å². The lowest BCUT2D eigenvalue weighted by Gasteiger charge is -2.32. The molecule has 2 aromatic rings. The molecule has 4 rings (SSSR count). The number of hydrogen-bond acceptors (Lipinski definition) is 1. The second-order valence-electron chi connectivity index (χ2n) is 5.93. The molecule has 1 nitrogen and oxygen atoms in total. The Balaban J connectivity index is 1.67. The number of fused-ring (bicyclic) bond motifs is 3. The normalized spacial score (nSPS) is 22.7.